The third-order valence-corrected chi connectivity index (χ3v) is 2.80. The fourth-order valence-electron chi connectivity index (χ4n) is 1.88. The van der Waals surface area contributed by atoms with E-state index >= 15 is 0 Å². The van der Waals surface area contributed by atoms with Crippen molar-refractivity contribution in [3.05, 3.63) is 36.3 Å². The highest BCUT2D eigenvalue weighted by atomic mass is 15.3. The molecule has 3 heterocycles. The first kappa shape index (κ1) is 11.5. The van der Waals surface area contributed by atoms with E-state index in [2.05, 4.69) is 30.4 Å². The molecule has 1 N–H and O–H groups in total. The van der Waals surface area contributed by atoms with Gasteiger partial charge in [0.15, 0.2) is 5.65 Å². The molecule has 0 aromatic carbocycles. The van der Waals surface area contributed by atoms with Crippen molar-refractivity contribution in [2.24, 2.45) is 7.05 Å². The zero-order valence-corrected chi connectivity index (χ0v) is 10.7. The van der Waals surface area contributed by atoms with Gasteiger partial charge >= 0.3 is 0 Å². The molecule has 3 rings (SSSR count). The Kier molecular flexibility index (Phi) is 2.79. The van der Waals surface area contributed by atoms with Gasteiger partial charge in [-0.2, -0.15) is 5.10 Å². The first-order valence-corrected chi connectivity index (χ1v) is 5.89. The van der Waals surface area contributed by atoms with E-state index in [-0.39, 0.29) is 0 Å². The van der Waals surface area contributed by atoms with E-state index in [0.29, 0.717) is 6.54 Å². The maximum absolute atomic E-state index is 4.34. The number of rotatable bonds is 3. The number of anilines is 1. The summed E-state index contributed by atoms with van der Waals surface area (Å²) in [5.74, 6) is 1.52. The minimum absolute atomic E-state index is 0.588. The van der Waals surface area contributed by atoms with Gasteiger partial charge in [0.2, 0.25) is 0 Å². The molecule has 0 spiro atoms. The van der Waals surface area contributed by atoms with Crippen LogP contribution in [0.4, 0.5) is 5.82 Å². The molecule has 0 unspecified atom stereocenters. The lowest BCUT2D eigenvalue weighted by atomic mass is 10.3. The lowest BCUT2D eigenvalue weighted by molar-refractivity contribution is 0.785. The van der Waals surface area contributed by atoms with Crippen molar-refractivity contribution in [3.63, 3.8) is 0 Å². The molecule has 0 amide bonds. The second kappa shape index (κ2) is 4.60. The highest BCUT2D eigenvalue weighted by Crippen LogP contribution is 2.18. The molecule has 3 aromatic heterocycles. The number of hydrogen-bond acceptors (Lipinski definition) is 6. The Hall–Kier alpha value is -2.57. The molecule has 0 radical (unpaired) electrons. The maximum Gasteiger partial charge on any atom is 0.163 e. The van der Waals surface area contributed by atoms with Crippen LogP contribution in [0.3, 0.4) is 0 Å². The average molecular weight is 255 g/mol. The monoisotopic (exact) mass is 255 g/mol. The molecule has 0 bridgehead atoms. The van der Waals surface area contributed by atoms with Crippen LogP contribution >= 0.6 is 0 Å². The maximum atomic E-state index is 4.34. The Bertz CT molecular complexity index is 719. The van der Waals surface area contributed by atoms with Gasteiger partial charge in [-0.05, 0) is 13.0 Å². The van der Waals surface area contributed by atoms with E-state index in [0.717, 1.165) is 28.4 Å². The van der Waals surface area contributed by atoms with Crippen LogP contribution in [0.5, 0.6) is 0 Å². The molecule has 0 aliphatic carbocycles. The van der Waals surface area contributed by atoms with Crippen LogP contribution in [0.15, 0.2) is 24.8 Å². The lowest BCUT2D eigenvalue weighted by Gasteiger charge is -2.06. The van der Waals surface area contributed by atoms with Crippen molar-refractivity contribution in [2.45, 2.75) is 13.5 Å². The summed E-state index contributed by atoms with van der Waals surface area (Å²) in [5.41, 5.74) is 1.72. The van der Waals surface area contributed by atoms with Gasteiger partial charge < -0.3 is 5.32 Å². The van der Waals surface area contributed by atoms with Gasteiger partial charge in [-0.25, -0.2) is 19.9 Å². The molecule has 19 heavy (non-hydrogen) atoms. The number of aryl methyl sites for hydroxylation is 2. The van der Waals surface area contributed by atoms with Gasteiger partial charge in [0.1, 0.15) is 18.0 Å². The summed E-state index contributed by atoms with van der Waals surface area (Å²) in [6.45, 7) is 2.46. The van der Waals surface area contributed by atoms with Crippen molar-refractivity contribution in [1.29, 1.82) is 0 Å². The van der Waals surface area contributed by atoms with Crippen molar-refractivity contribution < 1.29 is 0 Å². The second-order valence-corrected chi connectivity index (χ2v) is 4.18. The molecule has 7 nitrogen and oxygen atoms in total. The van der Waals surface area contributed by atoms with Gasteiger partial charge in [0.05, 0.1) is 23.8 Å². The summed E-state index contributed by atoms with van der Waals surface area (Å²) in [5, 5.41) is 8.32. The smallest absolute Gasteiger partial charge is 0.163 e. The second-order valence-electron chi connectivity index (χ2n) is 4.18. The fraction of sp³-hybridized carbons (Fsp3) is 0.250. The van der Waals surface area contributed by atoms with E-state index < -0.39 is 0 Å². The van der Waals surface area contributed by atoms with E-state index in [4.69, 9.17) is 0 Å². The molecule has 7 heteroatoms. The summed E-state index contributed by atoms with van der Waals surface area (Å²) in [6, 6.07) is 1.88. The highest BCUT2D eigenvalue weighted by Gasteiger charge is 2.07. The summed E-state index contributed by atoms with van der Waals surface area (Å²) < 4.78 is 1.72. The predicted octanol–water partition coefficient (Wildman–Crippen LogP) is 1.07. The van der Waals surface area contributed by atoms with Gasteiger partial charge in [0.25, 0.3) is 0 Å². The SMILES string of the molecule is Cc1nccc(CNc2ncnc3c2cnn3C)n1. The Morgan fingerprint density at radius 3 is 3.00 bits per heavy atom. The lowest BCUT2D eigenvalue weighted by Crippen LogP contribution is -2.05. The van der Waals surface area contributed by atoms with Crippen molar-refractivity contribution >= 4 is 16.9 Å². The molecular weight excluding hydrogens is 242 g/mol. The van der Waals surface area contributed by atoms with Crippen LogP contribution in [0.1, 0.15) is 11.5 Å². The topological polar surface area (TPSA) is 81.4 Å². The van der Waals surface area contributed by atoms with Gasteiger partial charge in [-0.3, -0.25) is 4.68 Å². The molecule has 0 atom stereocenters. The molecule has 0 aliphatic heterocycles. The standard InChI is InChI=1S/C12H13N7/c1-8-13-4-3-9(18-8)5-14-11-10-6-17-19(2)12(10)16-7-15-11/h3-4,6-7H,5H2,1-2H3,(H,14,15,16). The largest absolute Gasteiger partial charge is 0.364 e. The number of nitrogens with zero attached hydrogens (tertiary/aromatic N) is 6. The minimum atomic E-state index is 0.588. The zero-order valence-electron chi connectivity index (χ0n) is 10.7. The third kappa shape index (κ3) is 2.22. The van der Waals surface area contributed by atoms with Crippen LogP contribution in [0.25, 0.3) is 11.0 Å². The van der Waals surface area contributed by atoms with Crippen LogP contribution in [-0.4, -0.2) is 29.7 Å². The molecule has 0 saturated heterocycles. The highest BCUT2D eigenvalue weighted by molar-refractivity contribution is 5.85. The Morgan fingerprint density at radius 1 is 1.26 bits per heavy atom. The summed E-state index contributed by atoms with van der Waals surface area (Å²) in [4.78, 5) is 16.8. The van der Waals surface area contributed by atoms with E-state index in [1.54, 1.807) is 17.1 Å². The summed E-state index contributed by atoms with van der Waals surface area (Å²) >= 11 is 0. The van der Waals surface area contributed by atoms with Crippen LogP contribution < -0.4 is 5.32 Å². The first-order valence-electron chi connectivity index (χ1n) is 5.89. The third-order valence-electron chi connectivity index (χ3n) is 2.80. The molecule has 0 aliphatic rings. The zero-order chi connectivity index (χ0) is 13.2. The molecule has 3 aromatic rings. The number of hydrogen-bond donors (Lipinski definition) is 1. The Labute approximate surface area is 109 Å². The summed E-state index contributed by atoms with van der Waals surface area (Å²) in [7, 11) is 1.85. The molecule has 0 fully saturated rings. The van der Waals surface area contributed by atoms with E-state index in [1.807, 2.05) is 20.0 Å². The van der Waals surface area contributed by atoms with E-state index in [1.165, 1.54) is 6.33 Å². The number of fused-ring (bicyclic) bond motifs is 1. The summed E-state index contributed by atoms with van der Waals surface area (Å²) in [6.07, 6.45) is 5.03. The quantitative estimate of drug-likeness (QED) is 0.754. The van der Waals surface area contributed by atoms with Gasteiger partial charge in [0, 0.05) is 13.2 Å². The number of aromatic nitrogens is 6. The number of nitrogens with one attached hydrogen (secondary N) is 1. The molecule has 96 valence electrons. The molecule has 0 saturated carbocycles. The predicted molar refractivity (Wildman–Crippen MR) is 70.4 cm³/mol. The fourth-order valence-corrected chi connectivity index (χ4v) is 1.88. The van der Waals surface area contributed by atoms with Crippen molar-refractivity contribution in [3.8, 4) is 0 Å². The van der Waals surface area contributed by atoms with Gasteiger partial charge in [-0.1, -0.05) is 0 Å². The normalized spacial score (nSPS) is 10.8. The molecular formula is C12H13N7. The van der Waals surface area contributed by atoms with Crippen molar-refractivity contribution in [2.75, 3.05) is 5.32 Å². The Morgan fingerprint density at radius 2 is 2.16 bits per heavy atom. The van der Waals surface area contributed by atoms with Crippen LogP contribution in [0.2, 0.25) is 0 Å². The van der Waals surface area contributed by atoms with Gasteiger partial charge in [-0.15, -0.1) is 0 Å². The first-order chi connectivity index (χ1) is 9.24. The van der Waals surface area contributed by atoms with E-state index in [9.17, 15) is 0 Å². The van der Waals surface area contributed by atoms with Crippen molar-refractivity contribution in [1.82, 2.24) is 29.7 Å². The average Bonchev–Trinajstić information content (AvgIpc) is 2.79. The van der Waals surface area contributed by atoms with Crippen LogP contribution in [0, 0.1) is 6.92 Å². The minimum Gasteiger partial charge on any atom is -0.364 e. The van der Waals surface area contributed by atoms with Crippen LogP contribution in [-0.2, 0) is 13.6 Å². The Balaban J connectivity index is 1.86.